The van der Waals surface area contributed by atoms with Crippen molar-refractivity contribution in [3.05, 3.63) is 29.8 Å². The summed E-state index contributed by atoms with van der Waals surface area (Å²) in [5, 5.41) is 0. The molecule has 6 heteroatoms. The van der Waals surface area contributed by atoms with Gasteiger partial charge in [0.15, 0.2) is 0 Å². The van der Waals surface area contributed by atoms with Crippen LogP contribution in [0.3, 0.4) is 0 Å². The van der Waals surface area contributed by atoms with Gasteiger partial charge in [-0.2, -0.15) is 0 Å². The lowest BCUT2D eigenvalue weighted by Gasteiger charge is -2.21. The summed E-state index contributed by atoms with van der Waals surface area (Å²) in [6.45, 7) is 7.82. The first-order valence-corrected chi connectivity index (χ1v) is 8.54. The van der Waals surface area contributed by atoms with Crippen molar-refractivity contribution in [3.63, 3.8) is 0 Å². The van der Waals surface area contributed by atoms with Gasteiger partial charge in [-0.3, -0.25) is 14.5 Å². The molecular formula is C18H26N2O4. The average Bonchev–Trinajstić information content (AvgIpc) is 2.81. The Labute approximate surface area is 143 Å². The number of rotatable bonds is 6. The minimum atomic E-state index is -0.205. The van der Waals surface area contributed by atoms with Crippen LogP contribution in [0.2, 0.25) is 0 Å². The van der Waals surface area contributed by atoms with Crippen molar-refractivity contribution in [1.29, 1.82) is 0 Å². The van der Waals surface area contributed by atoms with Crippen molar-refractivity contribution >= 4 is 11.9 Å². The lowest BCUT2D eigenvalue weighted by atomic mass is 10.2. The molecule has 1 amide bonds. The minimum absolute atomic E-state index is 0.0241. The molecule has 1 fully saturated rings. The van der Waals surface area contributed by atoms with Crippen LogP contribution in [0.15, 0.2) is 24.3 Å². The van der Waals surface area contributed by atoms with Gasteiger partial charge >= 0.3 is 5.97 Å². The second kappa shape index (κ2) is 9.27. The van der Waals surface area contributed by atoms with Gasteiger partial charge in [0.05, 0.1) is 19.8 Å². The van der Waals surface area contributed by atoms with E-state index in [0.29, 0.717) is 45.0 Å². The molecule has 0 N–H and O–H groups in total. The molecule has 0 atom stereocenters. The first-order valence-electron chi connectivity index (χ1n) is 8.54. The molecule has 0 radical (unpaired) electrons. The third kappa shape index (κ3) is 5.23. The third-order valence-electron chi connectivity index (χ3n) is 3.95. The Kier molecular flexibility index (Phi) is 7.06. The van der Waals surface area contributed by atoms with Crippen LogP contribution in [-0.2, 0) is 9.53 Å². The van der Waals surface area contributed by atoms with E-state index in [1.54, 1.807) is 19.1 Å². The summed E-state index contributed by atoms with van der Waals surface area (Å²) < 4.78 is 10.4. The van der Waals surface area contributed by atoms with Crippen LogP contribution in [0, 0.1) is 0 Å². The fourth-order valence-electron chi connectivity index (χ4n) is 2.76. The molecule has 1 aromatic rings. The first kappa shape index (κ1) is 18.3. The molecule has 1 aliphatic rings. The highest BCUT2D eigenvalue weighted by molar-refractivity contribution is 5.94. The van der Waals surface area contributed by atoms with Gasteiger partial charge in [0.25, 0.3) is 5.91 Å². The van der Waals surface area contributed by atoms with Crippen LogP contribution >= 0.6 is 0 Å². The third-order valence-corrected chi connectivity index (χ3v) is 3.95. The quantitative estimate of drug-likeness (QED) is 0.743. The van der Waals surface area contributed by atoms with E-state index in [0.717, 1.165) is 18.7 Å². The zero-order valence-electron chi connectivity index (χ0n) is 14.5. The molecule has 0 unspecified atom stereocenters. The Hall–Kier alpha value is -2.08. The molecule has 0 spiro atoms. The van der Waals surface area contributed by atoms with Crippen LogP contribution in [-0.4, -0.2) is 67.6 Å². The average molecular weight is 334 g/mol. The maximum atomic E-state index is 12.6. The Morgan fingerprint density at radius 2 is 1.75 bits per heavy atom. The van der Waals surface area contributed by atoms with E-state index < -0.39 is 0 Å². The second-order valence-corrected chi connectivity index (χ2v) is 5.68. The summed E-state index contributed by atoms with van der Waals surface area (Å²) in [5.74, 6) is 0.588. The summed E-state index contributed by atoms with van der Waals surface area (Å²) in [7, 11) is 0. The Morgan fingerprint density at radius 3 is 2.42 bits per heavy atom. The maximum absolute atomic E-state index is 12.6. The summed E-state index contributed by atoms with van der Waals surface area (Å²) in [6, 6.07) is 7.24. The number of hydrogen-bond donors (Lipinski definition) is 0. The predicted molar refractivity (Wildman–Crippen MR) is 91.2 cm³/mol. The van der Waals surface area contributed by atoms with E-state index in [-0.39, 0.29) is 11.9 Å². The van der Waals surface area contributed by atoms with Crippen LogP contribution in [0.1, 0.15) is 30.6 Å². The van der Waals surface area contributed by atoms with Crippen molar-refractivity contribution in [2.24, 2.45) is 0 Å². The minimum Gasteiger partial charge on any atom is -0.494 e. The lowest BCUT2D eigenvalue weighted by Crippen LogP contribution is -2.37. The molecular weight excluding hydrogens is 308 g/mol. The highest BCUT2D eigenvalue weighted by atomic mass is 16.5. The largest absolute Gasteiger partial charge is 0.494 e. The summed E-state index contributed by atoms with van der Waals surface area (Å²) in [4.78, 5) is 28.1. The standard InChI is InChI=1S/C18H26N2O4/c1-3-23-16-8-6-15(7-9-16)18(22)20-11-5-10-19(12-13-20)14-17(21)24-4-2/h6-9H,3-5,10-14H2,1-2H3. The van der Waals surface area contributed by atoms with Crippen LogP contribution in [0.25, 0.3) is 0 Å². The van der Waals surface area contributed by atoms with Crippen molar-refractivity contribution in [2.45, 2.75) is 20.3 Å². The fraction of sp³-hybridized carbons (Fsp3) is 0.556. The zero-order chi connectivity index (χ0) is 17.4. The van der Waals surface area contributed by atoms with Crippen LogP contribution in [0.5, 0.6) is 5.75 Å². The van der Waals surface area contributed by atoms with Gasteiger partial charge in [-0.1, -0.05) is 0 Å². The number of amides is 1. The highest BCUT2D eigenvalue weighted by Gasteiger charge is 2.21. The van der Waals surface area contributed by atoms with Crippen molar-refractivity contribution in [1.82, 2.24) is 9.80 Å². The van der Waals surface area contributed by atoms with E-state index >= 15 is 0 Å². The smallest absolute Gasteiger partial charge is 0.320 e. The van der Waals surface area contributed by atoms with Gasteiger partial charge < -0.3 is 14.4 Å². The molecule has 0 aromatic heterocycles. The van der Waals surface area contributed by atoms with Gasteiger partial charge in [-0.15, -0.1) is 0 Å². The number of ether oxygens (including phenoxy) is 2. The number of hydrogen-bond acceptors (Lipinski definition) is 5. The molecule has 132 valence electrons. The summed E-state index contributed by atoms with van der Waals surface area (Å²) in [5.41, 5.74) is 0.664. The maximum Gasteiger partial charge on any atom is 0.320 e. The molecule has 0 saturated carbocycles. The predicted octanol–water partition coefficient (Wildman–Crippen LogP) is 1.80. The van der Waals surface area contributed by atoms with Gasteiger partial charge in [0.2, 0.25) is 0 Å². The Bertz CT molecular complexity index is 544. The first-order chi connectivity index (χ1) is 11.6. The number of benzene rings is 1. The van der Waals surface area contributed by atoms with Gasteiger partial charge in [-0.25, -0.2) is 0 Å². The van der Waals surface area contributed by atoms with E-state index in [1.807, 2.05) is 28.9 Å². The highest BCUT2D eigenvalue weighted by Crippen LogP contribution is 2.15. The zero-order valence-corrected chi connectivity index (χ0v) is 14.5. The van der Waals surface area contributed by atoms with Crippen LogP contribution < -0.4 is 4.74 Å². The number of carbonyl (C=O) groups is 2. The van der Waals surface area contributed by atoms with Crippen molar-refractivity contribution in [2.75, 3.05) is 45.9 Å². The topological polar surface area (TPSA) is 59.1 Å². The Balaban J connectivity index is 1.90. The number of nitrogens with zero attached hydrogens (tertiary/aromatic N) is 2. The molecule has 24 heavy (non-hydrogen) atoms. The molecule has 2 rings (SSSR count). The molecule has 6 nitrogen and oxygen atoms in total. The molecule has 1 heterocycles. The fourth-order valence-corrected chi connectivity index (χ4v) is 2.76. The van der Waals surface area contributed by atoms with Crippen molar-refractivity contribution in [3.8, 4) is 5.75 Å². The van der Waals surface area contributed by atoms with Gasteiger partial charge in [0, 0.05) is 31.7 Å². The van der Waals surface area contributed by atoms with E-state index in [9.17, 15) is 9.59 Å². The summed E-state index contributed by atoms with van der Waals surface area (Å²) in [6.07, 6.45) is 0.849. The second-order valence-electron chi connectivity index (χ2n) is 5.68. The molecule has 1 saturated heterocycles. The summed E-state index contributed by atoms with van der Waals surface area (Å²) >= 11 is 0. The van der Waals surface area contributed by atoms with Crippen molar-refractivity contribution < 1.29 is 19.1 Å². The van der Waals surface area contributed by atoms with Crippen LogP contribution in [0.4, 0.5) is 0 Å². The van der Waals surface area contributed by atoms with Gasteiger partial charge in [-0.05, 0) is 44.5 Å². The van der Waals surface area contributed by atoms with E-state index in [1.165, 1.54) is 0 Å². The Morgan fingerprint density at radius 1 is 1.00 bits per heavy atom. The van der Waals surface area contributed by atoms with E-state index in [4.69, 9.17) is 9.47 Å². The lowest BCUT2D eigenvalue weighted by molar-refractivity contribution is -0.144. The number of carbonyl (C=O) groups excluding carboxylic acids is 2. The molecule has 0 bridgehead atoms. The SMILES string of the molecule is CCOC(=O)CN1CCCN(C(=O)c2ccc(OCC)cc2)CC1. The molecule has 1 aliphatic heterocycles. The monoisotopic (exact) mass is 334 g/mol. The number of esters is 1. The molecule has 1 aromatic carbocycles. The normalized spacial score (nSPS) is 15.7. The molecule has 0 aliphatic carbocycles. The van der Waals surface area contributed by atoms with Gasteiger partial charge in [0.1, 0.15) is 5.75 Å². The van der Waals surface area contributed by atoms with E-state index in [2.05, 4.69) is 0 Å².